The summed E-state index contributed by atoms with van der Waals surface area (Å²) in [6, 6.07) is 4.54. The lowest BCUT2D eigenvalue weighted by Gasteiger charge is -2.15. The Morgan fingerprint density at radius 3 is 2.88 bits per heavy atom. The smallest absolute Gasteiger partial charge is 0.151 e. The molecule has 1 aromatic heterocycles. The van der Waals surface area contributed by atoms with Crippen LogP contribution >= 0.6 is 11.6 Å². The van der Waals surface area contributed by atoms with Gasteiger partial charge in [0.15, 0.2) is 5.15 Å². The predicted octanol–water partition coefficient (Wildman–Crippen LogP) is 2.03. The number of aromatic nitrogens is 2. The highest BCUT2D eigenvalue weighted by atomic mass is 35.5. The van der Waals surface area contributed by atoms with Crippen LogP contribution < -0.4 is 5.32 Å². The number of rotatable bonds is 4. The topological polar surface area (TPSA) is 41.0 Å². The monoisotopic (exact) mass is 252 g/mol. The first-order valence-electron chi connectivity index (χ1n) is 6.28. The van der Waals surface area contributed by atoms with E-state index < -0.39 is 0 Å². The number of likely N-dealkylation sites (tertiary alicyclic amines) is 1. The van der Waals surface area contributed by atoms with Gasteiger partial charge in [0, 0.05) is 19.1 Å². The van der Waals surface area contributed by atoms with Crippen molar-refractivity contribution in [1.29, 1.82) is 0 Å². The molecule has 1 saturated carbocycles. The molecule has 2 fully saturated rings. The van der Waals surface area contributed by atoms with Gasteiger partial charge in [-0.2, -0.15) is 0 Å². The van der Waals surface area contributed by atoms with Crippen LogP contribution in [0.1, 0.15) is 19.3 Å². The van der Waals surface area contributed by atoms with Crippen LogP contribution in [0.2, 0.25) is 5.15 Å². The van der Waals surface area contributed by atoms with Gasteiger partial charge in [0.05, 0.1) is 0 Å². The van der Waals surface area contributed by atoms with Crippen LogP contribution in [0.3, 0.4) is 0 Å². The molecule has 4 nitrogen and oxygen atoms in total. The third kappa shape index (κ3) is 2.87. The number of hydrogen-bond acceptors (Lipinski definition) is 4. The summed E-state index contributed by atoms with van der Waals surface area (Å²) in [5.41, 5.74) is 0. The van der Waals surface area contributed by atoms with E-state index in [1.165, 1.54) is 32.4 Å². The van der Waals surface area contributed by atoms with E-state index in [0.717, 1.165) is 24.3 Å². The zero-order valence-electron chi connectivity index (χ0n) is 9.77. The Balaban J connectivity index is 1.46. The molecule has 2 heterocycles. The van der Waals surface area contributed by atoms with Gasteiger partial charge >= 0.3 is 0 Å². The van der Waals surface area contributed by atoms with Crippen molar-refractivity contribution < 1.29 is 0 Å². The number of nitrogens with one attached hydrogen (secondary N) is 1. The van der Waals surface area contributed by atoms with Gasteiger partial charge in [-0.05, 0) is 43.9 Å². The van der Waals surface area contributed by atoms with Gasteiger partial charge in [0.1, 0.15) is 5.82 Å². The molecule has 0 spiro atoms. The molecule has 1 unspecified atom stereocenters. The average Bonchev–Trinajstić information content (AvgIpc) is 3.09. The largest absolute Gasteiger partial charge is 0.368 e. The van der Waals surface area contributed by atoms with E-state index in [1.807, 2.05) is 6.07 Å². The lowest BCUT2D eigenvalue weighted by Crippen LogP contribution is -2.24. The van der Waals surface area contributed by atoms with Crippen molar-refractivity contribution in [3.05, 3.63) is 17.3 Å². The van der Waals surface area contributed by atoms with E-state index in [-0.39, 0.29) is 0 Å². The van der Waals surface area contributed by atoms with Crippen LogP contribution in [0.5, 0.6) is 0 Å². The summed E-state index contributed by atoms with van der Waals surface area (Å²) in [5, 5.41) is 11.6. The minimum absolute atomic E-state index is 0.441. The number of anilines is 1. The summed E-state index contributed by atoms with van der Waals surface area (Å²) in [6.07, 6.45) is 4.11. The Bertz CT molecular complexity index is 377. The Hall–Kier alpha value is -0.870. The molecular weight excluding hydrogens is 236 g/mol. The van der Waals surface area contributed by atoms with Crippen LogP contribution in [0, 0.1) is 5.92 Å². The molecule has 1 aromatic rings. The maximum Gasteiger partial charge on any atom is 0.151 e. The Morgan fingerprint density at radius 2 is 2.18 bits per heavy atom. The van der Waals surface area contributed by atoms with Gasteiger partial charge in [-0.1, -0.05) is 11.6 Å². The summed E-state index contributed by atoms with van der Waals surface area (Å²) in [5.74, 6) is 1.56. The summed E-state index contributed by atoms with van der Waals surface area (Å²) in [7, 11) is 0. The standard InChI is InChI=1S/C12H17ClN4/c13-11-3-4-12(16-15-11)14-7-9-5-6-17(8-9)10-1-2-10/h3-4,9-10H,1-2,5-8H2,(H,14,16). The van der Waals surface area contributed by atoms with Crippen molar-refractivity contribution in [3.8, 4) is 0 Å². The first-order valence-corrected chi connectivity index (χ1v) is 6.66. The zero-order valence-corrected chi connectivity index (χ0v) is 10.5. The molecule has 5 heteroatoms. The fourth-order valence-electron chi connectivity index (χ4n) is 2.46. The van der Waals surface area contributed by atoms with E-state index in [4.69, 9.17) is 11.6 Å². The van der Waals surface area contributed by atoms with Crippen LogP contribution in [0.4, 0.5) is 5.82 Å². The molecule has 92 valence electrons. The minimum Gasteiger partial charge on any atom is -0.368 e. The number of halogens is 1. The van der Waals surface area contributed by atoms with Gasteiger partial charge in [0.25, 0.3) is 0 Å². The maximum absolute atomic E-state index is 5.69. The second kappa shape index (κ2) is 4.78. The van der Waals surface area contributed by atoms with E-state index in [2.05, 4.69) is 20.4 Å². The molecule has 0 radical (unpaired) electrons. The molecule has 1 atom stereocenters. The molecule has 0 bridgehead atoms. The Morgan fingerprint density at radius 1 is 1.29 bits per heavy atom. The molecule has 17 heavy (non-hydrogen) atoms. The lowest BCUT2D eigenvalue weighted by atomic mass is 10.1. The van der Waals surface area contributed by atoms with Gasteiger partial charge in [-0.3, -0.25) is 0 Å². The first kappa shape index (κ1) is 11.2. The highest BCUT2D eigenvalue weighted by Crippen LogP contribution is 2.31. The molecule has 1 N–H and O–H groups in total. The quantitative estimate of drug-likeness (QED) is 0.890. The van der Waals surface area contributed by atoms with Gasteiger partial charge in [0.2, 0.25) is 0 Å². The number of nitrogens with zero attached hydrogens (tertiary/aromatic N) is 3. The highest BCUT2D eigenvalue weighted by Gasteiger charge is 2.34. The number of hydrogen-bond donors (Lipinski definition) is 1. The summed E-state index contributed by atoms with van der Waals surface area (Å²) < 4.78 is 0. The molecular formula is C12H17ClN4. The second-order valence-corrected chi connectivity index (χ2v) is 5.39. The van der Waals surface area contributed by atoms with Crippen molar-refractivity contribution in [2.24, 2.45) is 5.92 Å². The van der Waals surface area contributed by atoms with Crippen molar-refractivity contribution in [2.45, 2.75) is 25.3 Å². The fourth-order valence-corrected chi connectivity index (χ4v) is 2.56. The normalized spacial score (nSPS) is 25.1. The minimum atomic E-state index is 0.441. The molecule has 3 rings (SSSR count). The predicted molar refractivity (Wildman–Crippen MR) is 68.2 cm³/mol. The second-order valence-electron chi connectivity index (χ2n) is 5.00. The van der Waals surface area contributed by atoms with Gasteiger partial charge in [-0.15, -0.1) is 10.2 Å². The van der Waals surface area contributed by atoms with Crippen molar-refractivity contribution in [2.75, 3.05) is 25.0 Å². The van der Waals surface area contributed by atoms with Crippen LogP contribution in [0.25, 0.3) is 0 Å². The van der Waals surface area contributed by atoms with Crippen LogP contribution in [-0.2, 0) is 0 Å². The molecule has 0 amide bonds. The maximum atomic E-state index is 5.69. The van der Waals surface area contributed by atoms with Crippen molar-refractivity contribution in [1.82, 2.24) is 15.1 Å². The molecule has 1 aliphatic carbocycles. The average molecular weight is 253 g/mol. The van der Waals surface area contributed by atoms with E-state index in [1.54, 1.807) is 6.07 Å². The van der Waals surface area contributed by atoms with E-state index in [0.29, 0.717) is 5.15 Å². The third-order valence-corrected chi connectivity index (χ3v) is 3.79. The summed E-state index contributed by atoms with van der Waals surface area (Å²) in [6.45, 7) is 3.49. The highest BCUT2D eigenvalue weighted by molar-refractivity contribution is 6.29. The van der Waals surface area contributed by atoms with E-state index >= 15 is 0 Å². The molecule has 1 saturated heterocycles. The van der Waals surface area contributed by atoms with Gasteiger partial charge < -0.3 is 10.2 Å². The molecule has 2 aliphatic rings. The van der Waals surface area contributed by atoms with Crippen LogP contribution in [0.15, 0.2) is 12.1 Å². The van der Waals surface area contributed by atoms with Crippen LogP contribution in [-0.4, -0.2) is 40.8 Å². The molecule has 1 aliphatic heterocycles. The van der Waals surface area contributed by atoms with Crippen molar-refractivity contribution in [3.63, 3.8) is 0 Å². The summed E-state index contributed by atoms with van der Waals surface area (Å²) in [4.78, 5) is 2.62. The first-order chi connectivity index (χ1) is 8.31. The molecule has 0 aromatic carbocycles. The van der Waals surface area contributed by atoms with Gasteiger partial charge in [-0.25, -0.2) is 0 Å². The Labute approximate surface area is 106 Å². The van der Waals surface area contributed by atoms with Crippen molar-refractivity contribution >= 4 is 17.4 Å². The summed E-state index contributed by atoms with van der Waals surface area (Å²) >= 11 is 5.69. The lowest BCUT2D eigenvalue weighted by molar-refractivity contribution is 0.316. The Kier molecular flexibility index (Phi) is 3.16. The third-order valence-electron chi connectivity index (χ3n) is 3.58. The zero-order chi connectivity index (χ0) is 11.7. The SMILES string of the molecule is Clc1ccc(NCC2CCN(C3CC3)C2)nn1. The van der Waals surface area contributed by atoms with E-state index in [9.17, 15) is 0 Å². The fraction of sp³-hybridized carbons (Fsp3) is 0.667.